The first-order chi connectivity index (χ1) is 8.72. The second kappa shape index (κ2) is 7.58. The molecule has 0 fully saturated rings. The minimum absolute atomic E-state index is 0.105. The topological polar surface area (TPSA) is 23.5 Å². The number of hydrogen-bond acceptors (Lipinski definition) is 2. The average molecular weight is 243 g/mol. The minimum atomic E-state index is -0.105. The van der Waals surface area contributed by atoms with Crippen LogP contribution in [0.15, 0.2) is 47.5 Å². The second-order valence-electron chi connectivity index (χ2n) is 4.10. The van der Waals surface area contributed by atoms with Crippen LogP contribution in [-0.4, -0.2) is 16.6 Å². The van der Waals surface area contributed by atoms with Gasteiger partial charge in [-0.05, 0) is 32.4 Å². The number of allylic oxidation sites excluding steroid dienone is 6. The van der Waals surface area contributed by atoms with E-state index in [4.69, 9.17) is 5.11 Å². The van der Waals surface area contributed by atoms with Crippen molar-refractivity contribution in [3.8, 4) is 11.8 Å². The monoisotopic (exact) mass is 243 g/mol. The first-order valence-corrected chi connectivity index (χ1v) is 6.34. The van der Waals surface area contributed by atoms with Gasteiger partial charge in [0.2, 0.25) is 0 Å². The average Bonchev–Trinajstić information content (AvgIpc) is 2.42. The van der Waals surface area contributed by atoms with Crippen LogP contribution in [0.3, 0.4) is 0 Å². The van der Waals surface area contributed by atoms with Crippen LogP contribution < -0.4 is 0 Å². The molecule has 18 heavy (non-hydrogen) atoms. The molecule has 0 aromatic heterocycles. The molecule has 0 atom stereocenters. The van der Waals surface area contributed by atoms with Gasteiger partial charge in [-0.1, -0.05) is 37.3 Å². The summed E-state index contributed by atoms with van der Waals surface area (Å²) in [5, 5.41) is 8.72. The summed E-state index contributed by atoms with van der Waals surface area (Å²) >= 11 is 0. The van der Waals surface area contributed by atoms with Crippen LogP contribution in [0.1, 0.15) is 33.6 Å². The van der Waals surface area contributed by atoms with E-state index in [2.05, 4.69) is 48.8 Å². The third-order valence-electron chi connectivity index (χ3n) is 2.73. The predicted octanol–water partition coefficient (Wildman–Crippen LogP) is 3.35. The van der Waals surface area contributed by atoms with Crippen molar-refractivity contribution in [3.05, 3.63) is 47.5 Å². The molecule has 0 bridgehead atoms. The summed E-state index contributed by atoms with van der Waals surface area (Å²) in [5.74, 6) is 5.61. The van der Waals surface area contributed by atoms with Crippen LogP contribution in [0.2, 0.25) is 0 Å². The molecule has 2 heteroatoms. The lowest BCUT2D eigenvalue weighted by Gasteiger charge is -2.25. The Morgan fingerprint density at radius 1 is 1.44 bits per heavy atom. The van der Waals surface area contributed by atoms with Crippen molar-refractivity contribution in [1.82, 2.24) is 4.90 Å². The molecule has 1 heterocycles. The fourth-order valence-electron chi connectivity index (χ4n) is 1.63. The van der Waals surface area contributed by atoms with Crippen molar-refractivity contribution in [2.45, 2.75) is 33.6 Å². The fourth-order valence-corrected chi connectivity index (χ4v) is 1.63. The molecule has 0 aromatic rings. The Hall–Kier alpha value is -1.72. The van der Waals surface area contributed by atoms with Crippen molar-refractivity contribution in [3.63, 3.8) is 0 Å². The molecule has 0 spiro atoms. The van der Waals surface area contributed by atoms with Gasteiger partial charge in [0, 0.05) is 23.2 Å². The normalized spacial score (nSPS) is 17.6. The zero-order valence-electron chi connectivity index (χ0n) is 11.4. The van der Waals surface area contributed by atoms with E-state index >= 15 is 0 Å². The zero-order valence-corrected chi connectivity index (χ0v) is 11.4. The second-order valence-corrected chi connectivity index (χ2v) is 4.10. The number of nitrogens with zero attached hydrogens (tertiary/aromatic N) is 1. The Morgan fingerprint density at radius 3 is 2.83 bits per heavy atom. The summed E-state index contributed by atoms with van der Waals surface area (Å²) < 4.78 is 0. The number of hydrogen-bond donors (Lipinski definition) is 1. The van der Waals surface area contributed by atoms with Crippen LogP contribution in [0.5, 0.6) is 0 Å². The Balaban J connectivity index is 3.01. The molecule has 1 rings (SSSR count). The lowest BCUT2D eigenvalue weighted by atomic mass is 10.1. The molecular formula is C16H21NO. The summed E-state index contributed by atoms with van der Waals surface area (Å²) in [6.07, 6.45) is 12.6. The molecule has 0 aromatic carbocycles. The summed E-state index contributed by atoms with van der Waals surface area (Å²) in [7, 11) is 0. The first kappa shape index (κ1) is 14.3. The van der Waals surface area contributed by atoms with E-state index in [0.717, 1.165) is 18.4 Å². The Bertz CT molecular complexity index is 455. The molecule has 2 nitrogen and oxygen atoms in total. The van der Waals surface area contributed by atoms with Gasteiger partial charge in [-0.3, -0.25) is 0 Å². The molecule has 0 unspecified atom stereocenters. The highest BCUT2D eigenvalue weighted by Gasteiger charge is 2.10. The van der Waals surface area contributed by atoms with E-state index in [9.17, 15) is 0 Å². The van der Waals surface area contributed by atoms with Gasteiger partial charge >= 0.3 is 0 Å². The molecule has 0 saturated heterocycles. The predicted molar refractivity (Wildman–Crippen MR) is 76.3 cm³/mol. The summed E-state index contributed by atoms with van der Waals surface area (Å²) in [6, 6.07) is 0. The number of rotatable bonds is 3. The van der Waals surface area contributed by atoms with Gasteiger partial charge in [0.05, 0.1) is 0 Å². The fraction of sp³-hybridized carbons (Fsp3) is 0.375. The van der Waals surface area contributed by atoms with Crippen LogP contribution in [0, 0.1) is 11.8 Å². The van der Waals surface area contributed by atoms with Crippen molar-refractivity contribution < 1.29 is 5.11 Å². The maximum absolute atomic E-state index is 8.72. The zero-order chi connectivity index (χ0) is 13.4. The Morgan fingerprint density at radius 2 is 2.22 bits per heavy atom. The first-order valence-electron chi connectivity index (χ1n) is 6.34. The van der Waals surface area contributed by atoms with E-state index < -0.39 is 0 Å². The van der Waals surface area contributed by atoms with E-state index in [1.807, 2.05) is 19.2 Å². The quantitative estimate of drug-likeness (QED) is 0.768. The third kappa shape index (κ3) is 3.94. The highest BCUT2D eigenvalue weighted by atomic mass is 16.2. The highest BCUT2D eigenvalue weighted by Crippen LogP contribution is 2.22. The van der Waals surface area contributed by atoms with Gasteiger partial charge in [-0.25, -0.2) is 0 Å². The van der Waals surface area contributed by atoms with E-state index in [-0.39, 0.29) is 6.61 Å². The van der Waals surface area contributed by atoms with Crippen LogP contribution in [0.25, 0.3) is 0 Å². The van der Waals surface area contributed by atoms with Crippen molar-refractivity contribution in [2.24, 2.45) is 0 Å². The maximum atomic E-state index is 8.72. The number of aliphatic hydroxyl groups excluding tert-OH is 1. The summed E-state index contributed by atoms with van der Waals surface area (Å²) in [6.45, 7) is 6.17. The van der Waals surface area contributed by atoms with Gasteiger partial charge < -0.3 is 10.0 Å². The molecule has 96 valence electrons. The molecule has 0 aliphatic carbocycles. The Kier molecular flexibility index (Phi) is 6.04. The van der Waals surface area contributed by atoms with E-state index in [1.165, 1.54) is 11.4 Å². The van der Waals surface area contributed by atoms with E-state index in [1.54, 1.807) is 0 Å². The lowest BCUT2D eigenvalue weighted by Crippen LogP contribution is -2.16. The smallest absolute Gasteiger partial charge is 0.104 e. The van der Waals surface area contributed by atoms with Crippen molar-refractivity contribution >= 4 is 0 Å². The summed E-state index contributed by atoms with van der Waals surface area (Å²) in [4.78, 5) is 2.14. The minimum Gasteiger partial charge on any atom is -0.384 e. The van der Waals surface area contributed by atoms with Crippen LogP contribution >= 0.6 is 0 Å². The molecule has 0 amide bonds. The lowest BCUT2D eigenvalue weighted by molar-refractivity contribution is 0.350. The SMILES string of the molecule is C/C=C(/C)N1C=C(C#CCO)C=C/C1=C\CCC. The number of aliphatic hydroxyl groups is 1. The van der Waals surface area contributed by atoms with Gasteiger partial charge in [-0.15, -0.1) is 0 Å². The van der Waals surface area contributed by atoms with Crippen LogP contribution in [0.4, 0.5) is 0 Å². The molecular weight excluding hydrogens is 222 g/mol. The third-order valence-corrected chi connectivity index (χ3v) is 2.73. The number of unbranched alkanes of at least 4 members (excludes halogenated alkanes) is 1. The summed E-state index contributed by atoms with van der Waals surface area (Å²) in [5.41, 5.74) is 3.27. The molecule has 1 N–H and O–H groups in total. The molecule has 0 saturated carbocycles. The Labute approximate surface area is 110 Å². The van der Waals surface area contributed by atoms with Crippen molar-refractivity contribution in [1.29, 1.82) is 0 Å². The standard InChI is InChI=1S/C16H21NO/c1-4-6-9-16-11-10-15(8-7-12-18)13-17(16)14(3)5-2/h5,9-11,13,18H,4,6,12H2,1-3H3/b14-5-,16-9+. The van der Waals surface area contributed by atoms with Gasteiger partial charge in [0.15, 0.2) is 0 Å². The van der Waals surface area contributed by atoms with Gasteiger partial charge in [0.25, 0.3) is 0 Å². The molecule has 1 aliphatic rings. The largest absolute Gasteiger partial charge is 0.384 e. The van der Waals surface area contributed by atoms with Gasteiger partial charge in [0.1, 0.15) is 6.61 Å². The van der Waals surface area contributed by atoms with E-state index in [0.29, 0.717) is 0 Å². The van der Waals surface area contributed by atoms with Gasteiger partial charge in [-0.2, -0.15) is 0 Å². The maximum Gasteiger partial charge on any atom is 0.104 e. The molecule has 1 aliphatic heterocycles. The van der Waals surface area contributed by atoms with Crippen molar-refractivity contribution in [2.75, 3.05) is 6.61 Å². The highest BCUT2D eigenvalue weighted by molar-refractivity contribution is 5.46. The molecule has 0 radical (unpaired) electrons. The van der Waals surface area contributed by atoms with Crippen LogP contribution in [-0.2, 0) is 0 Å².